The van der Waals surface area contributed by atoms with Gasteiger partial charge < -0.3 is 10.6 Å². The van der Waals surface area contributed by atoms with Crippen LogP contribution in [-0.2, 0) is 13.0 Å². The summed E-state index contributed by atoms with van der Waals surface area (Å²) in [5.41, 5.74) is 2.51. The van der Waals surface area contributed by atoms with E-state index in [4.69, 9.17) is 0 Å². The van der Waals surface area contributed by atoms with Crippen molar-refractivity contribution in [1.82, 2.24) is 15.3 Å². The molecule has 1 aliphatic rings. The number of nitrogens with one attached hydrogen (secondary N) is 2. The van der Waals surface area contributed by atoms with Crippen LogP contribution in [0, 0.1) is 12.7 Å². The maximum absolute atomic E-state index is 13.7. The van der Waals surface area contributed by atoms with Gasteiger partial charge in [-0.05, 0) is 19.1 Å². The molecule has 0 aliphatic carbocycles. The maximum Gasteiger partial charge on any atom is 0.146 e. The van der Waals surface area contributed by atoms with Gasteiger partial charge in [0.25, 0.3) is 0 Å². The Morgan fingerprint density at radius 3 is 2.95 bits per heavy atom. The minimum absolute atomic E-state index is 0.281. The Bertz CT molecular complexity index is 612. The molecule has 2 heterocycles. The lowest BCUT2D eigenvalue weighted by molar-refractivity contribution is 0.622. The van der Waals surface area contributed by atoms with E-state index >= 15 is 0 Å². The monoisotopic (exact) mass is 258 g/mol. The first-order chi connectivity index (χ1) is 9.24. The number of anilines is 2. The largest absolute Gasteiger partial charge is 0.337 e. The zero-order chi connectivity index (χ0) is 13.2. The molecule has 4 nitrogen and oxygen atoms in total. The molecule has 1 aromatic carbocycles. The maximum atomic E-state index is 13.7. The van der Waals surface area contributed by atoms with E-state index in [0.717, 1.165) is 24.2 Å². The number of halogens is 1. The molecule has 1 aliphatic heterocycles. The van der Waals surface area contributed by atoms with Gasteiger partial charge in [-0.2, -0.15) is 0 Å². The number of aromatic nitrogens is 2. The van der Waals surface area contributed by atoms with Crippen LogP contribution in [-0.4, -0.2) is 16.5 Å². The average molecular weight is 258 g/mol. The molecule has 2 N–H and O–H groups in total. The number of rotatable bonds is 2. The summed E-state index contributed by atoms with van der Waals surface area (Å²) in [6, 6.07) is 6.60. The van der Waals surface area contributed by atoms with Crippen molar-refractivity contribution in [3.63, 3.8) is 0 Å². The number of fused-ring (bicyclic) bond motifs is 1. The Hall–Kier alpha value is -2.01. The smallest absolute Gasteiger partial charge is 0.146 e. The quantitative estimate of drug-likeness (QED) is 0.868. The second-order valence-corrected chi connectivity index (χ2v) is 4.58. The molecule has 0 bridgehead atoms. The highest BCUT2D eigenvalue weighted by Gasteiger charge is 2.17. The molecule has 3 rings (SSSR count). The summed E-state index contributed by atoms with van der Waals surface area (Å²) in [6.45, 7) is 3.49. The van der Waals surface area contributed by atoms with Crippen molar-refractivity contribution in [2.45, 2.75) is 19.9 Å². The van der Waals surface area contributed by atoms with E-state index in [1.165, 1.54) is 6.07 Å². The lowest BCUT2D eigenvalue weighted by Gasteiger charge is -2.20. The van der Waals surface area contributed by atoms with E-state index in [-0.39, 0.29) is 5.82 Å². The lowest BCUT2D eigenvalue weighted by atomic mass is 10.1. The molecule has 0 saturated heterocycles. The van der Waals surface area contributed by atoms with Crippen molar-refractivity contribution in [1.29, 1.82) is 0 Å². The van der Waals surface area contributed by atoms with E-state index in [1.54, 1.807) is 18.2 Å². The normalized spacial score (nSPS) is 14.0. The summed E-state index contributed by atoms with van der Waals surface area (Å²) in [4.78, 5) is 8.85. The Balaban J connectivity index is 2.01. The fourth-order valence-electron chi connectivity index (χ4n) is 2.26. The summed E-state index contributed by atoms with van der Waals surface area (Å²) in [7, 11) is 0. The van der Waals surface area contributed by atoms with Gasteiger partial charge in [0.15, 0.2) is 0 Å². The fraction of sp³-hybridized carbons (Fsp3) is 0.286. The predicted molar refractivity (Wildman–Crippen MR) is 71.9 cm³/mol. The highest BCUT2D eigenvalue weighted by molar-refractivity contribution is 5.61. The summed E-state index contributed by atoms with van der Waals surface area (Å²) in [5.74, 6) is 1.12. The van der Waals surface area contributed by atoms with Gasteiger partial charge in [0.2, 0.25) is 0 Å². The van der Waals surface area contributed by atoms with Gasteiger partial charge in [0.05, 0.1) is 11.4 Å². The van der Waals surface area contributed by atoms with Crippen molar-refractivity contribution in [2.75, 3.05) is 11.9 Å². The molecule has 0 atom stereocenters. The highest BCUT2D eigenvalue weighted by Crippen LogP contribution is 2.24. The van der Waals surface area contributed by atoms with Crippen LogP contribution in [0.4, 0.5) is 15.9 Å². The van der Waals surface area contributed by atoms with Crippen molar-refractivity contribution >= 4 is 11.5 Å². The van der Waals surface area contributed by atoms with Gasteiger partial charge in [0.1, 0.15) is 17.5 Å². The minimum atomic E-state index is -0.281. The molecule has 19 heavy (non-hydrogen) atoms. The zero-order valence-electron chi connectivity index (χ0n) is 10.7. The molecule has 0 saturated carbocycles. The number of nitrogens with zero attached hydrogens (tertiary/aromatic N) is 2. The molecule has 1 aromatic heterocycles. The van der Waals surface area contributed by atoms with Gasteiger partial charge >= 0.3 is 0 Å². The summed E-state index contributed by atoms with van der Waals surface area (Å²) < 4.78 is 13.7. The topological polar surface area (TPSA) is 49.8 Å². The van der Waals surface area contributed by atoms with E-state index in [9.17, 15) is 4.39 Å². The van der Waals surface area contributed by atoms with Crippen molar-refractivity contribution in [2.24, 2.45) is 0 Å². The number of hydrogen-bond acceptors (Lipinski definition) is 4. The second-order valence-electron chi connectivity index (χ2n) is 4.58. The van der Waals surface area contributed by atoms with Gasteiger partial charge in [-0.25, -0.2) is 14.4 Å². The van der Waals surface area contributed by atoms with Crippen LogP contribution in [0.1, 0.15) is 17.1 Å². The van der Waals surface area contributed by atoms with Gasteiger partial charge in [0, 0.05) is 25.1 Å². The number of hydrogen-bond donors (Lipinski definition) is 2. The Morgan fingerprint density at radius 1 is 1.26 bits per heavy atom. The third-order valence-corrected chi connectivity index (χ3v) is 3.17. The molecule has 0 radical (unpaired) electrons. The minimum Gasteiger partial charge on any atom is -0.337 e. The van der Waals surface area contributed by atoms with Gasteiger partial charge in [-0.3, -0.25) is 0 Å². The molecule has 98 valence electrons. The first-order valence-electron chi connectivity index (χ1n) is 6.32. The third kappa shape index (κ3) is 2.42. The van der Waals surface area contributed by atoms with Crippen LogP contribution in [0.15, 0.2) is 24.3 Å². The van der Waals surface area contributed by atoms with Crippen LogP contribution < -0.4 is 10.6 Å². The first kappa shape index (κ1) is 12.0. The van der Waals surface area contributed by atoms with Crippen LogP contribution in [0.25, 0.3) is 0 Å². The van der Waals surface area contributed by atoms with E-state index in [1.807, 2.05) is 6.92 Å². The molecule has 0 fully saturated rings. The molecule has 5 heteroatoms. The molecule has 2 aromatic rings. The lowest BCUT2D eigenvalue weighted by Crippen LogP contribution is -2.26. The Morgan fingerprint density at radius 2 is 2.11 bits per heavy atom. The summed E-state index contributed by atoms with van der Waals surface area (Å²) >= 11 is 0. The summed E-state index contributed by atoms with van der Waals surface area (Å²) in [5, 5.41) is 6.36. The third-order valence-electron chi connectivity index (χ3n) is 3.17. The van der Waals surface area contributed by atoms with Gasteiger partial charge in [-0.15, -0.1) is 0 Å². The molecular weight excluding hydrogens is 243 g/mol. The van der Waals surface area contributed by atoms with Crippen LogP contribution in [0.5, 0.6) is 0 Å². The second kappa shape index (κ2) is 4.93. The Kier molecular flexibility index (Phi) is 3.13. The Labute approximate surface area is 111 Å². The molecule has 0 spiro atoms. The number of aryl methyl sites for hydroxylation is 1. The van der Waals surface area contributed by atoms with Crippen molar-refractivity contribution in [3.05, 3.63) is 47.2 Å². The fourth-order valence-corrected chi connectivity index (χ4v) is 2.26. The first-order valence-corrected chi connectivity index (χ1v) is 6.32. The molecular formula is C14H15FN4. The number of para-hydroxylation sites is 1. The summed E-state index contributed by atoms with van der Waals surface area (Å²) in [6.07, 6.45) is 0.880. The van der Waals surface area contributed by atoms with Crippen LogP contribution in [0.2, 0.25) is 0 Å². The zero-order valence-corrected chi connectivity index (χ0v) is 10.7. The van der Waals surface area contributed by atoms with Crippen molar-refractivity contribution < 1.29 is 4.39 Å². The van der Waals surface area contributed by atoms with E-state index in [0.29, 0.717) is 23.9 Å². The predicted octanol–water partition coefficient (Wildman–Crippen LogP) is 2.31. The average Bonchev–Trinajstić information content (AvgIpc) is 2.41. The molecule has 0 unspecified atom stereocenters. The SMILES string of the molecule is Cc1nc2c(c(Nc3ccccc3F)n1)CNCC2. The van der Waals surface area contributed by atoms with Crippen molar-refractivity contribution in [3.8, 4) is 0 Å². The highest BCUT2D eigenvalue weighted by atomic mass is 19.1. The standard InChI is InChI=1S/C14H15FN4/c1-9-17-12-6-7-16-8-10(12)14(18-9)19-13-5-3-2-4-11(13)15/h2-5,16H,6-8H2,1H3,(H,17,18,19). The number of benzene rings is 1. The van der Waals surface area contributed by atoms with Gasteiger partial charge in [-0.1, -0.05) is 12.1 Å². The van der Waals surface area contributed by atoms with E-state index < -0.39 is 0 Å². The van der Waals surface area contributed by atoms with Crippen LogP contribution >= 0.6 is 0 Å². The van der Waals surface area contributed by atoms with Crippen LogP contribution in [0.3, 0.4) is 0 Å². The molecule has 0 amide bonds. The van der Waals surface area contributed by atoms with E-state index in [2.05, 4.69) is 20.6 Å².